The van der Waals surface area contributed by atoms with Crippen LogP contribution >= 0.6 is 24.0 Å². The molecule has 1 unspecified atom stereocenters. The Hall–Kier alpha value is -1.91. The highest BCUT2D eigenvalue weighted by atomic mass is 127. The summed E-state index contributed by atoms with van der Waals surface area (Å²) in [5, 5.41) is 6.73. The fraction of sp³-hybridized carbons (Fsp3) is 0.600. The highest BCUT2D eigenvalue weighted by molar-refractivity contribution is 14.0. The Morgan fingerprint density at radius 1 is 1.28 bits per heavy atom. The summed E-state index contributed by atoms with van der Waals surface area (Å²) < 4.78 is 15.9. The van der Waals surface area contributed by atoms with Gasteiger partial charge in [0, 0.05) is 31.7 Å². The molecule has 9 heteroatoms. The van der Waals surface area contributed by atoms with E-state index in [1.165, 1.54) is 7.11 Å². The van der Waals surface area contributed by atoms with Crippen molar-refractivity contribution in [1.29, 1.82) is 0 Å². The van der Waals surface area contributed by atoms with Gasteiger partial charge in [0.2, 0.25) is 0 Å². The number of ether oxygens (including phenoxy) is 3. The van der Waals surface area contributed by atoms with E-state index in [-0.39, 0.29) is 42.2 Å². The van der Waals surface area contributed by atoms with Gasteiger partial charge < -0.3 is 29.7 Å². The summed E-state index contributed by atoms with van der Waals surface area (Å²) in [4.78, 5) is 18.0. The molecule has 0 aliphatic carbocycles. The lowest BCUT2D eigenvalue weighted by Gasteiger charge is -2.32. The Kier molecular flexibility index (Phi) is 11.6. The van der Waals surface area contributed by atoms with E-state index < -0.39 is 0 Å². The predicted octanol–water partition coefficient (Wildman–Crippen LogP) is 2.87. The van der Waals surface area contributed by atoms with Crippen molar-refractivity contribution in [3.05, 3.63) is 24.3 Å². The van der Waals surface area contributed by atoms with Crippen LogP contribution in [0.4, 0.5) is 4.79 Å². The minimum Gasteiger partial charge on any atom is -0.497 e. The van der Waals surface area contributed by atoms with E-state index in [1.807, 2.05) is 38.1 Å². The number of likely N-dealkylation sites (tertiary alicyclic amines) is 1. The third-order valence-electron chi connectivity index (χ3n) is 4.50. The number of carbonyl (C=O) groups is 1. The highest BCUT2D eigenvalue weighted by Crippen LogP contribution is 2.20. The quantitative estimate of drug-likeness (QED) is 0.327. The van der Waals surface area contributed by atoms with Crippen molar-refractivity contribution in [2.45, 2.75) is 38.8 Å². The predicted molar refractivity (Wildman–Crippen MR) is 125 cm³/mol. The van der Waals surface area contributed by atoms with Crippen LogP contribution in [0.15, 0.2) is 29.3 Å². The maximum atomic E-state index is 11.6. The van der Waals surface area contributed by atoms with Gasteiger partial charge in [-0.25, -0.2) is 9.79 Å². The molecule has 1 aliphatic rings. The summed E-state index contributed by atoms with van der Waals surface area (Å²) in [5.41, 5.74) is 0. The second-order valence-electron chi connectivity index (χ2n) is 6.70. The molecule has 0 spiro atoms. The number of nitrogens with zero attached hydrogens (tertiary/aromatic N) is 2. The minimum atomic E-state index is -0.262. The number of hydrogen-bond donors (Lipinski definition) is 2. The van der Waals surface area contributed by atoms with Gasteiger partial charge in [0.05, 0.1) is 20.8 Å². The number of guanidine groups is 1. The van der Waals surface area contributed by atoms with Crippen molar-refractivity contribution in [2.24, 2.45) is 4.99 Å². The van der Waals surface area contributed by atoms with E-state index >= 15 is 0 Å². The summed E-state index contributed by atoms with van der Waals surface area (Å²) in [5.74, 6) is 2.29. The SMILES string of the molecule is CCNC(=NCC(C)Oc1cccc(OC)c1)NC1CCN(C(=O)OC)CC1.I. The summed E-state index contributed by atoms with van der Waals surface area (Å²) in [6.45, 7) is 6.68. The molecule has 2 rings (SSSR count). The van der Waals surface area contributed by atoms with Gasteiger partial charge in [0.25, 0.3) is 0 Å². The van der Waals surface area contributed by atoms with E-state index in [9.17, 15) is 4.79 Å². The summed E-state index contributed by atoms with van der Waals surface area (Å²) >= 11 is 0. The third kappa shape index (κ3) is 8.55. The lowest BCUT2D eigenvalue weighted by molar-refractivity contribution is 0.111. The van der Waals surface area contributed by atoms with Crippen LogP contribution in [0.3, 0.4) is 0 Å². The molecule has 2 N–H and O–H groups in total. The molecule has 0 radical (unpaired) electrons. The number of halogens is 1. The Morgan fingerprint density at radius 3 is 2.59 bits per heavy atom. The first kappa shape index (κ1) is 25.1. The molecule has 1 aliphatic heterocycles. The fourth-order valence-electron chi connectivity index (χ4n) is 3.01. The molecule has 1 aromatic rings. The van der Waals surface area contributed by atoms with Crippen molar-refractivity contribution in [3.63, 3.8) is 0 Å². The molecule has 1 aromatic carbocycles. The highest BCUT2D eigenvalue weighted by Gasteiger charge is 2.23. The lowest BCUT2D eigenvalue weighted by atomic mass is 10.1. The molecule has 29 heavy (non-hydrogen) atoms. The second kappa shape index (κ2) is 13.3. The number of benzene rings is 1. The molecule has 0 aromatic heterocycles. The second-order valence-corrected chi connectivity index (χ2v) is 6.70. The van der Waals surface area contributed by atoms with Crippen LogP contribution in [-0.2, 0) is 4.74 Å². The van der Waals surface area contributed by atoms with E-state index in [2.05, 4.69) is 15.6 Å². The van der Waals surface area contributed by atoms with Crippen LogP contribution in [0.1, 0.15) is 26.7 Å². The van der Waals surface area contributed by atoms with Gasteiger partial charge in [-0.3, -0.25) is 0 Å². The third-order valence-corrected chi connectivity index (χ3v) is 4.50. The smallest absolute Gasteiger partial charge is 0.409 e. The Morgan fingerprint density at radius 2 is 1.97 bits per heavy atom. The van der Waals surface area contributed by atoms with E-state index in [4.69, 9.17) is 14.2 Å². The summed E-state index contributed by atoms with van der Waals surface area (Å²) in [6.07, 6.45) is 1.37. The van der Waals surface area contributed by atoms with Crippen molar-refractivity contribution < 1.29 is 19.0 Å². The monoisotopic (exact) mass is 520 g/mol. The number of methoxy groups -OCH3 is 2. The van der Waals surface area contributed by atoms with Gasteiger partial charge in [-0.2, -0.15) is 0 Å². The number of nitrogens with one attached hydrogen (secondary N) is 2. The van der Waals surface area contributed by atoms with E-state index in [0.29, 0.717) is 19.6 Å². The first-order valence-corrected chi connectivity index (χ1v) is 9.74. The zero-order valence-corrected chi connectivity index (χ0v) is 20.0. The molecule has 0 bridgehead atoms. The number of rotatable bonds is 7. The van der Waals surface area contributed by atoms with Gasteiger partial charge >= 0.3 is 6.09 Å². The van der Waals surface area contributed by atoms with Crippen molar-refractivity contribution in [2.75, 3.05) is 40.4 Å². The number of piperidine rings is 1. The zero-order chi connectivity index (χ0) is 20.4. The standard InChI is InChI=1S/C20H32N4O4.HI/c1-5-21-19(23-16-9-11-24(12-10-16)20(25)27-4)22-14-15(2)28-18-8-6-7-17(13-18)26-3;/h6-8,13,15-16H,5,9-12,14H2,1-4H3,(H2,21,22,23);1H. The first-order valence-electron chi connectivity index (χ1n) is 9.74. The van der Waals surface area contributed by atoms with Gasteiger partial charge in [0.1, 0.15) is 17.6 Å². The lowest BCUT2D eigenvalue weighted by Crippen LogP contribution is -2.50. The Labute approximate surface area is 190 Å². The maximum Gasteiger partial charge on any atom is 0.409 e. The topological polar surface area (TPSA) is 84.4 Å². The largest absolute Gasteiger partial charge is 0.497 e. The molecule has 1 atom stereocenters. The van der Waals surface area contributed by atoms with Gasteiger partial charge in [-0.05, 0) is 38.8 Å². The molecule has 1 heterocycles. The first-order chi connectivity index (χ1) is 13.5. The normalized spacial score (nSPS) is 15.7. The van der Waals surface area contributed by atoms with Crippen LogP contribution in [-0.4, -0.2) is 69.5 Å². The van der Waals surface area contributed by atoms with Crippen molar-refractivity contribution in [1.82, 2.24) is 15.5 Å². The molecule has 1 fully saturated rings. The number of amides is 1. The Balaban J connectivity index is 0.00000420. The average Bonchev–Trinajstić information content (AvgIpc) is 2.72. The van der Waals surface area contributed by atoms with Crippen LogP contribution in [0.5, 0.6) is 11.5 Å². The van der Waals surface area contributed by atoms with Crippen molar-refractivity contribution >= 4 is 36.0 Å². The molecular weight excluding hydrogens is 487 g/mol. The number of aliphatic imine (C=N–C) groups is 1. The van der Waals surface area contributed by atoms with Gasteiger partial charge in [-0.15, -0.1) is 24.0 Å². The average molecular weight is 520 g/mol. The number of hydrogen-bond acceptors (Lipinski definition) is 5. The Bertz CT molecular complexity index is 651. The van der Waals surface area contributed by atoms with Crippen LogP contribution < -0.4 is 20.1 Å². The van der Waals surface area contributed by atoms with Crippen LogP contribution in [0.25, 0.3) is 0 Å². The molecular formula is C20H33IN4O4. The van der Waals surface area contributed by atoms with Crippen LogP contribution in [0, 0.1) is 0 Å². The van der Waals surface area contributed by atoms with Gasteiger partial charge in [-0.1, -0.05) is 6.07 Å². The van der Waals surface area contributed by atoms with Gasteiger partial charge in [0.15, 0.2) is 5.96 Å². The van der Waals surface area contributed by atoms with Crippen molar-refractivity contribution in [3.8, 4) is 11.5 Å². The molecule has 8 nitrogen and oxygen atoms in total. The zero-order valence-electron chi connectivity index (χ0n) is 17.6. The summed E-state index contributed by atoms with van der Waals surface area (Å²) in [7, 11) is 3.05. The number of carbonyl (C=O) groups excluding carboxylic acids is 1. The maximum absolute atomic E-state index is 11.6. The molecule has 1 saturated heterocycles. The molecule has 164 valence electrons. The van der Waals surface area contributed by atoms with E-state index in [0.717, 1.165) is 36.8 Å². The molecule has 1 amide bonds. The summed E-state index contributed by atoms with van der Waals surface area (Å²) in [6, 6.07) is 7.82. The van der Waals surface area contributed by atoms with E-state index in [1.54, 1.807) is 12.0 Å². The fourth-order valence-corrected chi connectivity index (χ4v) is 3.01. The van der Waals surface area contributed by atoms with Crippen LogP contribution in [0.2, 0.25) is 0 Å². The molecule has 0 saturated carbocycles. The minimum absolute atomic E-state index is 0.